The first kappa shape index (κ1) is 18.6. The van der Waals surface area contributed by atoms with Crippen LogP contribution in [0.15, 0.2) is 18.5 Å². The highest BCUT2D eigenvalue weighted by molar-refractivity contribution is 5.94. The zero-order valence-corrected chi connectivity index (χ0v) is 14.5. The molecule has 2 aromatic rings. The summed E-state index contributed by atoms with van der Waals surface area (Å²) in [6.07, 6.45) is 1.18. The maximum absolute atomic E-state index is 14.0. The molecule has 0 aliphatic carbocycles. The average molecular weight is 379 g/mol. The van der Waals surface area contributed by atoms with Gasteiger partial charge in [-0.15, -0.1) is 0 Å². The monoisotopic (exact) mass is 379 g/mol. The van der Waals surface area contributed by atoms with E-state index in [1.54, 1.807) is 0 Å². The molecule has 27 heavy (non-hydrogen) atoms. The lowest BCUT2D eigenvalue weighted by molar-refractivity contribution is -0.122. The summed E-state index contributed by atoms with van der Waals surface area (Å²) in [5.41, 5.74) is 0.262. The van der Waals surface area contributed by atoms with Crippen LogP contribution < -0.4 is 10.6 Å². The van der Waals surface area contributed by atoms with Gasteiger partial charge in [0.05, 0.1) is 24.0 Å². The maximum Gasteiger partial charge on any atom is 0.322 e. The van der Waals surface area contributed by atoms with Crippen LogP contribution in [-0.2, 0) is 11.3 Å². The lowest BCUT2D eigenvalue weighted by Gasteiger charge is -2.29. The minimum absolute atomic E-state index is 0.0115. The standard InChI is InChI=1S/C17H16F3N5O2/c1-8-14(19)16(22-7-21-8)9(2)23-13(26)6-25-5-10-12(24-17(25)27)4-3-11(18)15(10)20/h3-4,7,9H,5-6H2,1-2H3,(H,23,26)(H,24,27)/t9-/m1/s1. The van der Waals surface area contributed by atoms with Crippen LogP contribution in [0.25, 0.3) is 0 Å². The molecule has 3 rings (SSSR count). The van der Waals surface area contributed by atoms with E-state index in [-0.39, 0.29) is 29.2 Å². The van der Waals surface area contributed by atoms with Gasteiger partial charge in [-0.05, 0) is 26.0 Å². The molecule has 7 nitrogen and oxygen atoms in total. The Morgan fingerprint density at radius 3 is 2.78 bits per heavy atom. The summed E-state index contributed by atoms with van der Waals surface area (Å²) in [5, 5.41) is 4.93. The second-order valence-electron chi connectivity index (χ2n) is 6.12. The summed E-state index contributed by atoms with van der Waals surface area (Å²) >= 11 is 0. The maximum atomic E-state index is 14.0. The number of hydrogen-bond donors (Lipinski definition) is 2. The van der Waals surface area contributed by atoms with Crippen molar-refractivity contribution in [1.82, 2.24) is 20.2 Å². The van der Waals surface area contributed by atoms with E-state index >= 15 is 0 Å². The second kappa shape index (κ2) is 7.22. The van der Waals surface area contributed by atoms with Crippen LogP contribution in [0.5, 0.6) is 0 Å². The van der Waals surface area contributed by atoms with Crippen molar-refractivity contribution in [3.63, 3.8) is 0 Å². The minimum atomic E-state index is -1.08. The van der Waals surface area contributed by atoms with Crippen LogP contribution >= 0.6 is 0 Å². The van der Waals surface area contributed by atoms with Crippen molar-refractivity contribution < 1.29 is 22.8 Å². The van der Waals surface area contributed by atoms with Crippen molar-refractivity contribution in [2.24, 2.45) is 0 Å². The number of halogens is 3. The quantitative estimate of drug-likeness (QED) is 0.854. The molecule has 142 valence electrons. The van der Waals surface area contributed by atoms with Gasteiger partial charge in [0.1, 0.15) is 18.6 Å². The largest absolute Gasteiger partial charge is 0.346 e. The summed E-state index contributed by atoms with van der Waals surface area (Å²) in [4.78, 5) is 32.9. The van der Waals surface area contributed by atoms with E-state index in [1.807, 2.05) is 0 Å². The van der Waals surface area contributed by atoms with E-state index in [0.29, 0.717) is 0 Å². The number of benzene rings is 1. The lowest BCUT2D eigenvalue weighted by atomic mass is 10.1. The number of nitrogens with one attached hydrogen (secondary N) is 2. The predicted octanol–water partition coefficient (Wildman–Crippen LogP) is 2.43. The van der Waals surface area contributed by atoms with Gasteiger partial charge in [0.15, 0.2) is 17.5 Å². The van der Waals surface area contributed by atoms with Gasteiger partial charge in [-0.1, -0.05) is 0 Å². The van der Waals surface area contributed by atoms with Crippen LogP contribution in [0.1, 0.15) is 29.9 Å². The number of amides is 3. The molecule has 2 heterocycles. The third-order valence-corrected chi connectivity index (χ3v) is 4.19. The van der Waals surface area contributed by atoms with Crippen molar-refractivity contribution >= 4 is 17.6 Å². The van der Waals surface area contributed by atoms with Gasteiger partial charge in [-0.25, -0.2) is 27.9 Å². The number of anilines is 1. The molecule has 3 amide bonds. The van der Waals surface area contributed by atoms with Crippen molar-refractivity contribution in [2.75, 3.05) is 11.9 Å². The van der Waals surface area contributed by atoms with Gasteiger partial charge in [0.25, 0.3) is 0 Å². The van der Waals surface area contributed by atoms with E-state index < -0.39 is 42.0 Å². The summed E-state index contributed by atoms with van der Waals surface area (Å²) in [6, 6.07) is 0.774. The van der Waals surface area contributed by atoms with E-state index in [2.05, 4.69) is 20.6 Å². The summed E-state index contributed by atoms with van der Waals surface area (Å²) in [7, 11) is 0. The smallest absolute Gasteiger partial charge is 0.322 e. The molecular formula is C17H16F3N5O2. The fraction of sp³-hybridized carbons (Fsp3) is 0.294. The third-order valence-electron chi connectivity index (χ3n) is 4.19. The van der Waals surface area contributed by atoms with Gasteiger partial charge >= 0.3 is 6.03 Å². The first-order chi connectivity index (χ1) is 12.8. The highest BCUT2D eigenvalue weighted by Crippen LogP contribution is 2.27. The zero-order chi connectivity index (χ0) is 19.7. The molecule has 0 saturated carbocycles. The van der Waals surface area contributed by atoms with E-state index in [0.717, 1.165) is 11.0 Å². The van der Waals surface area contributed by atoms with E-state index in [4.69, 9.17) is 0 Å². The van der Waals surface area contributed by atoms with E-state index in [1.165, 1.54) is 26.2 Å². The Bertz CT molecular complexity index is 922. The number of carbonyl (C=O) groups excluding carboxylic acids is 2. The van der Waals surface area contributed by atoms with Crippen LogP contribution in [-0.4, -0.2) is 33.4 Å². The molecule has 0 spiro atoms. The molecule has 2 N–H and O–H groups in total. The van der Waals surface area contributed by atoms with Gasteiger partial charge in [0, 0.05) is 5.56 Å². The summed E-state index contributed by atoms with van der Waals surface area (Å²) < 4.78 is 41.4. The number of rotatable bonds is 4. The SMILES string of the molecule is Cc1ncnc([C@@H](C)NC(=O)CN2Cc3c(ccc(F)c3F)NC2=O)c1F. The molecule has 1 atom stereocenters. The van der Waals surface area contributed by atoms with Crippen molar-refractivity contribution in [3.8, 4) is 0 Å². The normalized spacial score (nSPS) is 14.4. The molecule has 10 heteroatoms. The molecule has 0 fully saturated rings. The van der Waals surface area contributed by atoms with Crippen LogP contribution in [0.3, 0.4) is 0 Å². The highest BCUT2D eigenvalue weighted by Gasteiger charge is 2.28. The summed E-state index contributed by atoms with van der Waals surface area (Å²) in [5.74, 6) is -3.36. The van der Waals surface area contributed by atoms with Gasteiger partial charge in [-0.2, -0.15) is 0 Å². The number of fused-ring (bicyclic) bond motifs is 1. The number of carbonyl (C=O) groups is 2. The Kier molecular flexibility index (Phi) is 4.98. The molecule has 1 aromatic heterocycles. The van der Waals surface area contributed by atoms with Gasteiger partial charge in [-0.3, -0.25) is 4.79 Å². The Hall–Kier alpha value is -3.17. The first-order valence-corrected chi connectivity index (χ1v) is 8.07. The molecule has 0 radical (unpaired) electrons. The van der Waals surface area contributed by atoms with Crippen molar-refractivity contribution in [1.29, 1.82) is 0 Å². The summed E-state index contributed by atoms with van der Waals surface area (Å²) in [6.45, 7) is 2.31. The van der Waals surface area contributed by atoms with Gasteiger partial charge in [0.2, 0.25) is 5.91 Å². The predicted molar refractivity (Wildman–Crippen MR) is 89.1 cm³/mol. The fourth-order valence-corrected chi connectivity index (χ4v) is 2.76. The van der Waals surface area contributed by atoms with Crippen molar-refractivity contribution in [3.05, 3.63) is 52.9 Å². The van der Waals surface area contributed by atoms with Crippen LogP contribution in [0.2, 0.25) is 0 Å². The molecule has 1 aromatic carbocycles. The van der Waals surface area contributed by atoms with Crippen LogP contribution in [0.4, 0.5) is 23.7 Å². The highest BCUT2D eigenvalue weighted by atomic mass is 19.2. The van der Waals surface area contributed by atoms with Crippen molar-refractivity contribution in [2.45, 2.75) is 26.4 Å². The van der Waals surface area contributed by atoms with E-state index in [9.17, 15) is 22.8 Å². The number of aromatic nitrogens is 2. The number of hydrogen-bond acceptors (Lipinski definition) is 4. The fourth-order valence-electron chi connectivity index (χ4n) is 2.76. The Labute approximate surface area is 152 Å². The minimum Gasteiger partial charge on any atom is -0.346 e. The Balaban J connectivity index is 1.70. The third kappa shape index (κ3) is 3.69. The molecule has 0 unspecified atom stereocenters. The first-order valence-electron chi connectivity index (χ1n) is 8.07. The Morgan fingerprint density at radius 1 is 1.30 bits per heavy atom. The number of nitrogens with zero attached hydrogens (tertiary/aromatic N) is 3. The lowest BCUT2D eigenvalue weighted by Crippen LogP contribution is -2.45. The molecule has 1 aliphatic rings. The number of aryl methyl sites for hydroxylation is 1. The molecule has 0 bridgehead atoms. The topological polar surface area (TPSA) is 87.2 Å². The number of urea groups is 1. The second-order valence-corrected chi connectivity index (χ2v) is 6.12. The Morgan fingerprint density at radius 2 is 2.04 bits per heavy atom. The average Bonchev–Trinajstić information content (AvgIpc) is 2.62. The van der Waals surface area contributed by atoms with Crippen LogP contribution in [0, 0.1) is 24.4 Å². The van der Waals surface area contributed by atoms with Gasteiger partial charge < -0.3 is 15.5 Å². The molecular weight excluding hydrogens is 363 g/mol. The zero-order valence-electron chi connectivity index (χ0n) is 14.5. The molecule has 1 aliphatic heterocycles. The molecule has 0 saturated heterocycles.